The second-order valence-electron chi connectivity index (χ2n) is 17.6. The second kappa shape index (κ2) is 27.4. The molecule has 0 bridgehead atoms. The van der Waals surface area contributed by atoms with E-state index in [1.807, 2.05) is 52.0 Å². The Kier molecular flexibility index (Phi) is 25.8. The van der Waals surface area contributed by atoms with Crippen LogP contribution >= 0.6 is 0 Å². The van der Waals surface area contributed by atoms with Crippen molar-refractivity contribution >= 4 is 16.0 Å². The maximum Gasteiger partial charge on any atom is 0.264 e. The second-order valence-corrected chi connectivity index (χ2v) is 19.2. The fraction of sp³-hybridized carbons (Fsp3) is 0.630. The Morgan fingerprint density at radius 1 is 0.814 bits per heavy atom. The van der Waals surface area contributed by atoms with Crippen LogP contribution in [0.3, 0.4) is 0 Å². The smallest absolute Gasteiger partial charge is 0.264 e. The molecule has 0 aromatic heterocycles. The first kappa shape index (κ1) is 55.5. The molecule has 2 N–H and O–H groups in total. The van der Waals surface area contributed by atoms with Gasteiger partial charge >= 0.3 is 0 Å². The minimum absolute atomic E-state index is 0.118. The van der Waals surface area contributed by atoms with E-state index in [2.05, 4.69) is 85.8 Å². The van der Waals surface area contributed by atoms with Gasteiger partial charge in [0.05, 0.1) is 51.5 Å². The number of ether oxygens (including phenoxy) is 5. The summed E-state index contributed by atoms with van der Waals surface area (Å²) in [6.45, 7) is 33.8. The molecule has 1 fully saturated rings. The van der Waals surface area contributed by atoms with Crippen molar-refractivity contribution < 1.29 is 46.2 Å². The first-order valence-corrected chi connectivity index (χ1v) is 21.9. The molecule has 0 radical (unpaired) electrons. The molecule has 1 aliphatic rings. The van der Waals surface area contributed by atoms with E-state index in [4.69, 9.17) is 35.2 Å². The summed E-state index contributed by atoms with van der Waals surface area (Å²) in [6, 6.07) is 16.3. The zero-order valence-electron chi connectivity index (χ0n) is 38.3. The normalized spacial score (nSPS) is 13.4. The van der Waals surface area contributed by atoms with Crippen LogP contribution in [0.2, 0.25) is 0 Å². The predicted octanol–water partition coefficient (Wildman–Crippen LogP) is 7.03. The molecule has 59 heavy (non-hydrogen) atoms. The van der Waals surface area contributed by atoms with Crippen molar-refractivity contribution in [2.45, 2.75) is 105 Å². The quantitative estimate of drug-likeness (QED) is 0.0495. The number of nitrogens with zero attached hydrogens (tertiary/aromatic N) is 1. The van der Waals surface area contributed by atoms with Gasteiger partial charge in [0.25, 0.3) is 10.1 Å². The molecule has 1 amide bonds. The molecule has 1 aliphatic heterocycles. The lowest BCUT2D eigenvalue weighted by atomic mass is 9.78. The van der Waals surface area contributed by atoms with Gasteiger partial charge in [0, 0.05) is 42.1 Å². The maximum atomic E-state index is 10.6. The summed E-state index contributed by atoms with van der Waals surface area (Å²) in [4.78, 5) is 13.0. The summed E-state index contributed by atoms with van der Waals surface area (Å²) in [5.74, 6) is 4.03. The summed E-state index contributed by atoms with van der Waals surface area (Å²) in [7, 11) is -3.28. The van der Waals surface area contributed by atoms with Gasteiger partial charge in [0.1, 0.15) is 24.7 Å². The van der Waals surface area contributed by atoms with Crippen LogP contribution in [0.5, 0.6) is 11.5 Å². The zero-order valence-corrected chi connectivity index (χ0v) is 39.1. The molecule has 12 nitrogen and oxygen atoms in total. The number of benzene rings is 2. The Hall–Kier alpha value is -3.48. The SMILES string of the molecule is C#CCOCCOCCOCCOc1ccc(C(C)(C)c2ccc(OCC(C)CO)cc2)cc1.C=CC(=O)NC(C)(C)C.CC(C)(C)N1CC1.CC(C)(C)OS(C)(=O)=O. The van der Waals surface area contributed by atoms with Crippen LogP contribution in [0, 0.1) is 18.3 Å². The monoisotopic (exact) mass is 849 g/mol. The van der Waals surface area contributed by atoms with Gasteiger partial charge in [-0.15, -0.1) is 6.42 Å². The highest BCUT2D eigenvalue weighted by Crippen LogP contribution is 2.33. The first-order chi connectivity index (χ1) is 27.2. The fourth-order valence-corrected chi connectivity index (χ4v) is 5.69. The Morgan fingerprint density at radius 3 is 1.56 bits per heavy atom. The fourth-order valence-electron chi connectivity index (χ4n) is 4.78. The highest BCUT2D eigenvalue weighted by molar-refractivity contribution is 7.86. The first-order valence-electron chi connectivity index (χ1n) is 20.1. The maximum absolute atomic E-state index is 10.6. The van der Waals surface area contributed by atoms with Crippen molar-refractivity contribution in [3.05, 3.63) is 72.3 Å². The summed E-state index contributed by atoms with van der Waals surface area (Å²) in [5, 5.41) is 11.8. The van der Waals surface area contributed by atoms with E-state index in [9.17, 15) is 13.2 Å². The molecule has 1 unspecified atom stereocenters. The predicted molar refractivity (Wildman–Crippen MR) is 239 cm³/mol. The van der Waals surface area contributed by atoms with E-state index in [0.29, 0.717) is 58.4 Å². The van der Waals surface area contributed by atoms with Crippen LogP contribution in [-0.2, 0) is 38.7 Å². The van der Waals surface area contributed by atoms with Gasteiger partial charge in [-0.3, -0.25) is 13.9 Å². The van der Waals surface area contributed by atoms with Crippen LogP contribution in [0.15, 0.2) is 61.2 Å². The highest BCUT2D eigenvalue weighted by atomic mass is 32.2. The van der Waals surface area contributed by atoms with E-state index in [1.54, 1.807) is 20.8 Å². The number of rotatable bonds is 19. The summed E-state index contributed by atoms with van der Waals surface area (Å²) >= 11 is 0. The lowest BCUT2D eigenvalue weighted by molar-refractivity contribution is -0.117. The zero-order chi connectivity index (χ0) is 45.3. The Balaban J connectivity index is 0.00000108. The molecule has 0 spiro atoms. The standard InChI is InChI=1S/C28H38O6.C7H13NO.C6H13N.C5H12O3S/c1-5-14-30-15-16-31-17-18-32-19-20-33-26-10-6-24(7-11-26)28(3,4)25-8-12-27(13-9-25)34-22-23(2)21-29;1-5-6(9)8-7(2,3)4;1-6(2,3)7-4-5-7;1-5(2,3)8-9(4,6)7/h1,6-13,23,29H,14-22H2,2-4H3;5H,1H2,2-4H3,(H,8,9);4-5H2,1-3H3;1-4H3. The number of terminal acetylenes is 1. The van der Waals surface area contributed by atoms with Gasteiger partial charge in [-0.1, -0.05) is 57.5 Å². The van der Waals surface area contributed by atoms with Crippen molar-refractivity contribution in [2.75, 3.05) is 78.8 Å². The van der Waals surface area contributed by atoms with Gasteiger partial charge in [-0.2, -0.15) is 8.42 Å². The number of amides is 1. The lowest BCUT2D eigenvalue weighted by Crippen LogP contribution is -2.39. The van der Waals surface area contributed by atoms with Crippen LogP contribution in [-0.4, -0.2) is 120 Å². The number of nitrogens with one attached hydrogen (secondary N) is 1. The van der Waals surface area contributed by atoms with E-state index < -0.39 is 15.7 Å². The average molecular weight is 849 g/mol. The minimum atomic E-state index is -3.28. The Labute approximate surface area is 357 Å². The van der Waals surface area contributed by atoms with Gasteiger partial charge < -0.3 is 34.1 Å². The van der Waals surface area contributed by atoms with Crippen LogP contribution in [0.4, 0.5) is 0 Å². The molecule has 0 saturated carbocycles. The number of aliphatic hydroxyl groups excluding tert-OH is 1. The third-order valence-electron chi connectivity index (χ3n) is 7.90. The molecule has 0 aliphatic carbocycles. The van der Waals surface area contributed by atoms with Gasteiger partial charge in [-0.05, 0) is 104 Å². The molecule has 1 saturated heterocycles. The molecule has 336 valence electrons. The number of hydrogen-bond acceptors (Lipinski definition) is 11. The Bertz CT molecular complexity index is 1600. The molecular weight excluding hydrogens is 773 g/mol. The van der Waals surface area contributed by atoms with Crippen LogP contribution < -0.4 is 14.8 Å². The molecule has 2 aromatic rings. The van der Waals surface area contributed by atoms with Gasteiger partial charge in [-0.25, -0.2) is 0 Å². The largest absolute Gasteiger partial charge is 0.493 e. The van der Waals surface area contributed by atoms with E-state index in [0.717, 1.165) is 17.8 Å². The number of hydrogen-bond donors (Lipinski definition) is 2. The third-order valence-corrected chi connectivity index (χ3v) is 8.71. The molecule has 1 heterocycles. The van der Waals surface area contributed by atoms with Crippen molar-refractivity contribution in [1.29, 1.82) is 0 Å². The van der Waals surface area contributed by atoms with E-state index >= 15 is 0 Å². The average Bonchev–Trinajstić information content (AvgIpc) is 3.99. The van der Waals surface area contributed by atoms with Crippen LogP contribution in [0.1, 0.15) is 94.2 Å². The molecular formula is C46H76N2O10S. The summed E-state index contributed by atoms with van der Waals surface area (Å²) in [6.07, 6.45) is 7.41. The number of carbonyl (C=O) groups excluding carboxylic acids is 1. The van der Waals surface area contributed by atoms with Crippen molar-refractivity contribution in [2.24, 2.45) is 5.92 Å². The molecule has 2 aromatic carbocycles. The van der Waals surface area contributed by atoms with E-state index in [1.165, 1.54) is 30.3 Å². The topological polar surface area (TPSA) is 142 Å². The Morgan fingerprint density at radius 2 is 1.25 bits per heavy atom. The summed E-state index contributed by atoms with van der Waals surface area (Å²) in [5.41, 5.74) is 1.92. The third kappa shape index (κ3) is 30.2. The van der Waals surface area contributed by atoms with Gasteiger partial charge in [0.15, 0.2) is 0 Å². The minimum Gasteiger partial charge on any atom is -0.493 e. The number of carbonyl (C=O) groups is 1. The van der Waals surface area contributed by atoms with Crippen LogP contribution in [0.25, 0.3) is 0 Å². The molecule has 3 rings (SSSR count). The van der Waals surface area contributed by atoms with Crippen molar-refractivity contribution in [3.8, 4) is 23.8 Å². The van der Waals surface area contributed by atoms with Gasteiger partial charge in [0.2, 0.25) is 5.91 Å². The molecule has 13 heteroatoms. The molecule has 1 atom stereocenters. The van der Waals surface area contributed by atoms with Crippen molar-refractivity contribution in [3.63, 3.8) is 0 Å². The lowest BCUT2D eigenvalue weighted by Gasteiger charge is -2.26. The van der Waals surface area contributed by atoms with Crippen molar-refractivity contribution in [1.82, 2.24) is 10.2 Å². The highest BCUT2D eigenvalue weighted by Gasteiger charge is 2.29. The summed E-state index contributed by atoms with van der Waals surface area (Å²) < 4.78 is 53.0. The van der Waals surface area contributed by atoms with E-state index in [-0.39, 0.29) is 29.4 Å². The number of aliphatic hydroxyl groups is 1.